The summed E-state index contributed by atoms with van der Waals surface area (Å²) in [6.45, 7) is -0.680. The van der Waals surface area contributed by atoms with Gasteiger partial charge in [0.25, 0.3) is 0 Å². The Balaban J connectivity index is -0.000000105. The molecule has 0 aliphatic carbocycles. The third-order valence-corrected chi connectivity index (χ3v) is 1.26. The quantitative estimate of drug-likeness (QED) is 0.268. The van der Waals surface area contributed by atoms with Crippen molar-refractivity contribution in [1.82, 2.24) is 0 Å². The number of hydrogen-bond donors (Lipinski definition) is 6. The van der Waals surface area contributed by atoms with E-state index in [1.54, 1.807) is 0 Å². The number of hydrogen-bond acceptors (Lipinski definition) is 6. The van der Waals surface area contributed by atoms with Gasteiger partial charge >= 0.3 is 7.82 Å². The van der Waals surface area contributed by atoms with E-state index in [0.717, 1.165) is 0 Å². The zero-order chi connectivity index (χ0) is 11.6. The zero-order valence-corrected chi connectivity index (χ0v) is 9.38. The smallest absolute Gasteiger partial charge is 0.412 e. The Morgan fingerprint density at radius 3 is 1.81 bits per heavy atom. The molecule has 0 aromatic carbocycles. The Hall–Kier alpha value is -0.130. The molecular formula is C5H20NO9P. The van der Waals surface area contributed by atoms with Gasteiger partial charge in [-0.1, -0.05) is 0 Å². The van der Waals surface area contributed by atoms with Crippen LogP contribution in [0, 0.1) is 0 Å². The molecular weight excluding hydrogens is 249 g/mol. The van der Waals surface area contributed by atoms with Crippen LogP contribution in [0.4, 0.5) is 0 Å². The van der Waals surface area contributed by atoms with Gasteiger partial charge in [-0.25, -0.2) is 4.57 Å². The van der Waals surface area contributed by atoms with Gasteiger partial charge in [-0.05, 0) is 0 Å². The van der Waals surface area contributed by atoms with Crippen LogP contribution in [0.1, 0.15) is 0 Å². The third kappa shape index (κ3) is 29.2. The van der Waals surface area contributed by atoms with Crippen molar-refractivity contribution in [2.75, 3.05) is 26.4 Å². The summed E-state index contributed by atoms with van der Waals surface area (Å²) in [5.41, 5.74) is 4.78. The Labute approximate surface area is 92.1 Å². The van der Waals surface area contributed by atoms with Crippen LogP contribution in [0.2, 0.25) is 0 Å². The molecule has 0 heterocycles. The molecule has 104 valence electrons. The highest BCUT2D eigenvalue weighted by molar-refractivity contribution is 7.46. The molecule has 1 atom stereocenters. The first-order valence-electron chi connectivity index (χ1n) is 3.67. The number of phosphoric ester groups is 1. The lowest BCUT2D eigenvalue weighted by atomic mass is 10.4. The molecule has 11 N–H and O–H groups in total. The fraction of sp³-hybridized carbons (Fsp3) is 1.00. The lowest BCUT2D eigenvalue weighted by Gasteiger charge is -2.07. The third-order valence-electron chi connectivity index (χ3n) is 0.775. The van der Waals surface area contributed by atoms with Crippen molar-refractivity contribution in [2.45, 2.75) is 6.10 Å². The maximum atomic E-state index is 9.93. The van der Waals surface area contributed by atoms with Gasteiger partial charge in [-0.15, -0.1) is 0 Å². The van der Waals surface area contributed by atoms with E-state index in [9.17, 15) is 4.57 Å². The number of rotatable bonds is 5. The van der Waals surface area contributed by atoms with Crippen molar-refractivity contribution in [3.8, 4) is 0 Å². The van der Waals surface area contributed by atoms with Crippen molar-refractivity contribution in [2.24, 2.45) is 5.73 Å². The highest BCUT2D eigenvalue weighted by Gasteiger charge is 2.15. The summed E-state index contributed by atoms with van der Waals surface area (Å²) >= 11 is 0. The molecule has 0 spiro atoms. The Bertz CT molecular complexity index is 160. The summed E-state index contributed by atoms with van der Waals surface area (Å²) in [7, 11) is -4.50. The summed E-state index contributed by atoms with van der Waals surface area (Å²) in [6, 6.07) is 0. The van der Waals surface area contributed by atoms with Crippen molar-refractivity contribution < 1.29 is 45.1 Å². The normalized spacial score (nSPS) is 11.4. The monoisotopic (exact) mass is 269 g/mol. The molecule has 0 fully saturated rings. The Morgan fingerprint density at radius 1 is 1.25 bits per heavy atom. The zero-order valence-electron chi connectivity index (χ0n) is 8.48. The molecule has 0 saturated carbocycles. The van der Waals surface area contributed by atoms with Crippen molar-refractivity contribution >= 4 is 7.82 Å². The van der Waals surface area contributed by atoms with Gasteiger partial charge in [-0.2, -0.15) is 0 Å². The van der Waals surface area contributed by atoms with E-state index in [1.165, 1.54) is 0 Å². The largest absolute Gasteiger partial charge is 0.469 e. The molecule has 0 aromatic rings. The van der Waals surface area contributed by atoms with E-state index in [1.807, 2.05) is 0 Å². The van der Waals surface area contributed by atoms with Gasteiger partial charge in [0.1, 0.15) is 6.10 Å². The minimum Gasteiger partial charge on any atom is -0.412 e. The molecule has 0 amide bonds. The van der Waals surface area contributed by atoms with Crippen molar-refractivity contribution in [1.29, 1.82) is 0 Å². The highest BCUT2D eigenvalue weighted by atomic mass is 31.2. The van der Waals surface area contributed by atoms with Crippen LogP contribution in [0.15, 0.2) is 0 Å². The minimum absolute atomic E-state index is 0. The molecule has 0 aliphatic heterocycles. The van der Waals surface area contributed by atoms with Crippen molar-refractivity contribution in [3.63, 3.8) is 0 Å². The van der Waals surface area contributed by atoms with Crippen LogP contribution in [0.3, 0.4) is 0 Å². The Morgan fingerprint density at radius 2 is 1.62 bits per heavy atom. The molecule has 0 radical (unpaired) electrons. The van der Waals surface area contributed by atoms with E-state index >= 15 is 0 Å². The van der Waals surface area contributed by atoms with E-state index in [-0.39, 0.29) is 17.6 Å². The standard InChI is InChI=1S/C3H9O6P.C2H7NO.2H2O/c4-1-3(5)2-9-10(6,7)8;3-1-2-4;;/h3-5H,1-2H2,(H2,6,7,8);4H,1-3H2;2*1H2. The van der Waals surface area contributed by atoms with Gasteiger partial charge in [0.2, 0.25) is 0 Å². The summed E-state index contributed by atoms with van der Waals surface area (Å²) in [5.74, 6) is 0. The molecule has 0 aromatic heterocycles. The predicted molar refractivity (Wildman–Crippen MR) is 54.5 cm³/mol. The molecule has 0 aliphatic rings. The van der Waals surface area contributed by atoms with E-state index in [2.05, 4.69) is 4.52 Å². The summed E-state index contributed by atoms with van der Waals surface area (Å²) < 4.78 is 13.8. The SMILES string of the molecule is NCCO.O.O.O=P(O)(O)OCC(O)CO. The van der Waals surface area contributed by atoms with Crippen molar-refractivity contribution in [3.05, 3.63) is 0 Å². The summed E-state index contributed by atoms with van der Waals surface area (Å²) in [5, 5.41) is 24.4. The molecule has 11 heteroatoms. The predicted octanol–water partition coefficient (Wildman–Crippen LogP) is -4.26. The van der Waals surface area contributed by atoms with Crippen LogP contribution in [0.25, 0.3) is 0 Å². The van der Waals surface area contributed by atoms with E-state index in [0.29, 0.717) is 6.54 Å². The minimum atomic E-state index is -4.50. The van der Waals surface area contributed by atoms with Gasteiger partial charge in [0.05, 0.1) is 19.8 Å². The second-order valence-corrected chi connectivity index (χ2v) is 3.37. The molecule has 0 saturated heterocycles. The summed E-state index contributed by atoms with van der Waals surface area (Å²) in [4.78, 5) is 16.1. The van der Waals surface area contributed by atoms with E-state index < -0.39 is 27.1 Å². The molecule has 16 heavy (non-hydrogen) atoms. The average molecular weight is 269 g/mol. The maximum Gasteiger partial charge on any atom is 0.469 e. The maximum absolute atomic E-state index is 9.93. The first-order valence-corrected chi connectivity index (χ1v) is 5.20. The molecule has 1 unspecified atom stereocenters. The fourth-order valence-electron chi connectivity index (χ4n) is 0.236. The molecule has 0 bridgehead atoms. The van der Waals surface area contributed by atoms with Crippen LogP contribution >= 0.6 is 7.82 Å². The first kappa shape index (κ1) is 24.9. The van der Waals surface area contributed by atoms with Crippen LogP contribution in [-0.2, 0) is 9.09 Å². The highest BCUT2D eigenvalue weighted by Crippen LogP contribution is 2.35. The number of aliphatic hydroxyl groups is 3. The lowest BCUT2D eigenvalue weighted by Crippen LogP contribution is -2.18. The van der Waals surface area contributed by atoms with Crippen LogP contribution < -0.4 is 5.73 Å². The van der Waals surface area contributed by atoms with Crippen LogP contribution in [0.5, 0.6) is 0 Å². The van der Waals surface area contributed by atoms with Crippen LogP contribution in [-0.4, -0.2) is 68.5 Å². The second-order valence-electron chi connectivity index (χ2n) is 2.14. The second kappa shape index (κ2) is 14.9. The van der Waals surface area contributed by atoms with E-state index in [4.69, 9.17) is 30.8 Å². The average Bonchev–Trinajstić information content (AvgIpc) is 2.13. The first-order chi connectivity index (χ1) is 6.37. The lowest BCUT2D eigenvalue weighted by molar-refractivity contribution is 0.0419. The van der Waals surface area contributed by atoms with Gasteiger partial charge in [-0.3, -0.25) is 4.52 Å². The molecule has 0 rings (SSSR count). The number of aliphatic hydroxyl groups excluding tert-OH is 3. The fourth-order valence-corrected chi connectivity index (χ4v) is 0.602. The van der Waals surface area contributed by atoms with Gasteiger partial charge in [0, 0.05) is 6.54 Å². The summed E-state index contributed by atoms with van der Waals surface area (Å²) in [6.07, 6.45) is -1.24. The number of nitrogens with two attached hydrogens (primary N) is 1. The number of phosphoric acid groups is 1. The Kier molecular flexibility index (Phi) is 23.1. The molecule has 10 nitrogen and oxygen atoms in total. The van der Waals surface area contributed by atoms with Gasteiger partial charge < -0.3 is 41.8 Å². The van der Waals surface area contributed by atoms with Gasteiger partial charge in [0.15, 0.2) is 0 Å². The topological polar surface area (TPSA) is 216 Å².